The van der Waals surface area contributed by atoms with E-state index in [-0.39, 0.29) is 22.0 Å². The zero-order valence-corrected chi connectivity index (χ0v) is 20.1. The molecule has 2 aliphatic heterocycles. The van der Waals surface area contributed by atoms with Gasteiger partial charge >= 0.3 is 0 Å². The van der Waals surface area contributed by atoms with Gasteiger partial charge in [-0.25, -0.2) is 9.37 Å². The zero-order valence-electron chi connectivity index (χ0n) is 19.4. The molecule has 1 aromatic carbocycles. The first-order valence-electron chi connectivity index (χ1n) is 11.7. The second-order valence-corrected chi connectivity index (χ2v) is 10.2. The van der Waals surface area contributed by atoms with E-state index in [1.165, 1.54) is 17.0 Å². The Kier molecular flexibility index (Phi) is 5.22. The highest BCUT2D eigenvalue weighted by molar-refractivity contribution is 6.30. The van der Waals surface area contributed by atoms with Crippen LogP contribution in [0.3, 0.4) is 0 Å². The average molecular weight is 510 g/mol. The van der Waals surface area contributed by atoms with E-state index in [0.29, 0.717) is 22.5 Å². The largest absolute Gasteiger partial charge is 0.355 e. The van der Waals surface area contributed by atoms with Crippen LogP contribution in [0, 0.1) is 17.2 Å². The Labute approximate surface area is 211 Å². The van der Waals surface area contributed by atoms with Crippen LogP contribution in [0.1, 0.15) is 31.4 Å². The minimum atomic E-state index is -0.726. The van der Waals surface area contributed by atoms with Crippen LogP contribution in [0.15, 0.2) is 42.6 Å². The van der Waals surface area contributed by atoms with Gasteiger partial charge in [0.15, 0.2) is 0 Å². The van der Waals surface area contributed by atoms with E-state index in [4.69, 9.17) is 11.6 Å². The van der Waals surface area contributed by atoms with Gasteiger partial charge in [0.2, 0.25) is 17.8 Å². The van der Waals surface area contributed by atoms with Crippen molar-refractivity contribution in [3.63, 3.8) is 0 Å². The summed E-state index contributed by atoms with van der Waals surface area (Å²) in [6, 6.07) is 8.95. The van der Waals surface area contributed by atoms with Gasteiger partial charge in [0.05, 0.1) is 27.9 Å². The lowest BCUT2D eigenvalue weighted by Crippen LogP contribution is -2.49. The van der Waals surface area contributed by atoms with Crippen molar-refractivity contribution in [3.05, 3.63) is 65.1 Å². The maximum Gasteiger partial charge on any atom is 0.244 e. The second-order valence-electron chi connectivity index (χ2n) is 9.78. The third kappa shape index (κ3) is 3.78. The number of hydrogen-bond acceptors (Lipinski definition) is 5. The Bertz CT molecular complexity index is 1420. The predicted octanol–water partition coefficient (Wildman–Crippen LogP) is 4.76. The first-order chi connectivity index (χ1) is 17.2. The maximum absolute atomic E-state index is 15.7. The predicted molar refractivity (Wildman–Crippen MR) is 132 cm³/mol. The molecule has 1 saturated heterocycles. The average Bonchev–Trinajstić information content (AvgIpc) is 3.64. The summed E-state index contributed by atoms with van der Waals surface area (Å²) in [5.41, 5.74) is 1.79. The van der Waals surface area contributed by atoms with Crippen LogP contribution in [-0.2, 0) is 9.59 Å². The van der Waals surface area contributed by atoms with Crippen molar-refractivity contribution in [2.75, 3.05) is 34.8 Å². The molecule has 1 aliphatic carbocycles. The third-order valence-electron chi connectivity index (χ3n) is 7.22. The van der Waals surface area contributed by atoms with Crippen molar-refractivity contribution < 1.29 is 18.4 Å². The van der Waals surface area contributed by atoms with E-state index >= 15 is 4.39 Å². The van der Waals surface area contributed by atoms with Gasteiger partial charge in [0, 0.05) is 42.0 Å². The third-order valence-corrected chi connectivity index (χ3v) is 7.53. The normalized spacial score (nSPS) is 19.3. The molecule has 0 bridgehead atoms. The molecule has 7 nitrogen and oxygen atoms in total. The zero-order chi connectivity index (χ0) is 25.2. The number of halogens is 3. The van der Waals surface area contributed by atoms with Crippen LogP contribution in [0.25, 0.3) is 11.1 Å². The highest BCUT2D eigenvalue weighted by Gasteiger charge is 2.53. The summed E-state index contributed by atoms with van der Waals surface area (Å²) in [5, 5.41) is 2.52. The number of pyridine rings is 2. The standard InChI is InChI=1S/C26H22ClF2N5O2/c1-14-23-16(3-2-8-30-23)22-19(10-20(32-24(22)29)33-12-26(13-33)6-7-26)34(25(14)36)11-21(35)31-15-4-5-17(27)18(28)9-15/h2-5,8-10,14H,6-7,11-13H2,1H3,(H,31,35)/t14-/m0/s1. The molecule has 184 valence electrons. The smallest absolute Gasteiger partial charge is 0.244 e. The van der Waals surface area contributed by atoms with E-state index in [0.717, 1.165) is 32.0 Å². The van der Waals surface area contributed by atoms with Crippen LogP contribution < -0.4 is 15.1 Å². The van der Waals surface area contributed by atoms with Gasteiger partial charge in [-0.1, -0.05) is 17.7 Å². The second kappa shape index (κ2) is 8.23. The topological polar surface area (TPSA) is 78.4 Å². The van der Waals surface area contributed by atoms with Crippen molar-refractivity contribution in [1.82, 2.24) is 9.97 Å². The summed E-state index contributed by atoms with van der Waals surface area (Å²) < 4.78 is 29.5. The molecule has 2 amide bonds. The van der Waals surface area contributed by atoms with Crippen LogP contribution in [-0.4, -0.2) is 41.4 Å². The first-order valence-corrected chi connectivity index (χ1v) is 12.1. The van der Waals surface area contributed by atoms with E-state index in [1.54, 1.807) is 31.3 Å². The molecular weight excluding hydrogens is 488 g/mol. The molecule has 1 spiro atoms. The van der Waals surface area contributed by atoms with E-state index in [1.807, 2.05) is 4.90 Å². The Morgan fingerprint density at radius 3 is 2.72 bits per heavy atom. The number of anilines is 3. The van der Waals surface area contributed by atoms with Crippen LogP contribution in [0.2, 0.25) is 5.02 Å². The van der Waals surface area contributed by atoms with Crippen molar-refractivity contribution in [2.24, 2.45) is 5.41 Å². The van der Waals surface area contributed by atoms with Gasteiger partial charge in [0.25, 0.3) is 0 Å². The van der Waals surface area contributed by atoms with E-state index in [2.05, 4.69) is 15.3 Å². The van der Waals surface area contributed by atoms with Gasteiger partial charge < -0.3 is 15.1 Å². The van der Waals surface area contributed by atoms with Gasteiger partial charge in [-0.05, 0) is 44.0 Å². The molecule has 1 N–H and O–H groups in total. The van der Waals surface area contributed by atoms with Crippen molar-refractivity contribution in [1.29, 1.82) is 0 Å². The van der Waals surface area contributed by atoms with E-state index < -0.39 is 36.0 Å². The van der Waals surface area contributed by atoms with Crippen molar-refractivity contribution in [3.8, 4) is 11.1 Å². The number of hydrogen-bond donors (Lipinski definition) is 1. The number of carbonyl (C=O) groups excluding carboxylic acids is 2. The Hall–Kier alpha value is -3.59. The van der Waals surface area contributed by atoms with Gasteiger partial charge in [-0.2, -0.15) is 4.39 Å². The fraction of sp³-hybridized carbons (Fsp3) is 0.308. The SMILES string of the molecule is C[C@@H]1C(=O)N(CC(=O)Nc2ccc(Cl)c(F)c2)c2cc(N3CC4(CC4)C3)nc(F)c2-c2cccnc21. The monoisotopic (exact) mass is 509 g/mol. The molecule has 0 radical (unpaired) electrons. The lowest BCUT2D eigenvalue weighted by atomic mass is 9.96. The van der Waals surface area contributed by atoms with Gasteiger partial charge in [-0.3, -0.25) is 14.6 Å². The van der Waals surface area contributed by atoms with E-state index in [9.17, 15) is 14.0 Å². The molecule has 1 atom stereocenters. The number of carbonyl (C=O) groups is 2. The minimum Gasteiger partial charge on any atom is -0.355 e. The number of benzene rings is 1. The maximum atomic E-state index is 15.7. The summed E-state index contributed by atoms with van der Waals surface area (Å²) in [4.78, 5) is 38.5. The Morgan fingerprint density at radius 1 is 1.22 bits per heavy atom. The summed E-state index contributed by atoms with van der Waals surface area (Å²) in [5.74, 6) is -2.66. The summed E-state index contributed by atoms with van der Waals surface area (Å²) in [6.07, 6.45) is 3.86. The summed E-state index contributed by atoms with van der Waals surface area (Å²) in [6.45, 7) is 2.87. The van der Waals surface area contributed by atoms with Crippen molar-refractivity contribution in [2.45, 2.75) is 25.7 Å². The highest BCUT2D eigenvalue weighted by atomic mass is 35.5. The fourth-order valence-corrected chi connectivity index (χ4v) is 5.17. The highest BCUT2D eigenvalue weighted by Crippen LogP contribution is 2.54. The quantitative estimate of drug-likeness (QED) is 0.513. The number of fused-ring (bicyclic) bond motifs is 3. The molecule has 3 aromatic rings. The molecule has 10 heteroatoms. The van der Waals surface area contributed by atoms with Crippen LogP contribution in [0.4, 0.5) is 26.0 Å². The number of aromatic nitrogens is 2. The lowest BCUT2D eigenvalue weighted by molar-refractivity contribution is -0.122. The number of nitrogens with one attached hydrogen (secondary N) is 1. The number of rotatable bonds is 4. The molecule has 3 aliphatic rings. The summed E-state index contributed by atoms with van der Waals surface area (Å²) in [7, 11) is 0. The minimum absolute atomic E-state index is 0.0711. The molecule has 2 aromatic heterocycles. The van der Waals surface area contributed by atoms with Gasteiger partial charge in [0.1, 0.15) is 18.2 Å². The van der Waals surface area contributed by atoms with Crippen LogP contribution in [0.5, 0.6) is 0 Å². The van der Waals surface area contributed by atoms with Crippen LogP contribution >= 0.6 is 11.6 Å². The number of nitrogens with zero attached hydrogens (tertiary/aromatic N) is 4. The molecule has 1 saturated carbocycles. The summed E-state index contributed by atoms with van der Waals surface area (Å²) >= 11 is 5.73. The molecule has 0 unspecified atom stereocenters. The number of amides is 2. The molecule has 36 heavy (non-hydrogen) atoms. The molecular formula is C26H22ClF2N5O2. The Morgan fingerprint density at radius 2 is 2.00 bits per heavy atom. The lowest BCUT2D eigenvalue weighted by Gasteiger charge is -2.41. The molecule has 4 heterocycles. The Balaban J connectivity index is 1.39. The first kappa shape index (κ1) is 22.8. The van der Waals surface area contributed by atoms with Gasteiger partial charge in [-0.15, -0.1) is 0 Å². The fourth-order valence-electron chi connectivity index (χ4n) is 5.06. The van der Waals surface area contributed by atoms with Crippen molar-refractivity contribution >= 4 is 40.6 Å². The molecule has 2 fully saturated rings. The molecule has 6 rings (SSSR count).